The van der Waals surface area contributed by atoms with Gasteiger partial charge in [-0.15, -0.1) is 0 Å². The summed E-state index contributed by atoms with van der Waals surface area (Å²) in [5.41, 5.74) is -0.0331. The third-order valence-corrected chi connectivity index (χ3v) is 5.17. The molecule has 1 spiro atoms. The molecule has 3 heteroatoms. The van der Waals surface area contributed by atoms with Gasteiger partial charge in [-0.3, -0.25) is 4.79 Å². The van der Waals surface area contributed by atoms with Crippen molar-refractivity contribution in [1.82, 2.24) is 0 Å². The molecule has 2 aliphatic heterocycles. The van der Waals surface area contributed by atoms with E-state index in [1.807, 2.05) is 0 Å². The van der Waals surface area contributed by atoms with Crippen LogP contribution < -0.4 is 0 Å². The van der Waals surface area contributed by atoms with Crippen LogP contribution >= 0.6 is 0 Å². The lowest BCUT2D eigenvalue weighted by Gasteiger charge is -2.40. The van der Waals surface area contributed by atoms with Crippen molar-refractivity contribution < 1.29 is 9.53 Å². The summed E-state index contributed by atoms with van der Waals surface area (Å²) < 4.78 is 5.85. The average Bonchev–Trinajstić information content (AvgIpc) is 2.58. The van der Waals surface area contributed by atoms with Gasteiger partial charge >= 0.3 is 5.97 Å². The predicted octanol–water partition coefficient (Wildman–Crippen LogP) is 2.55. The van der Waals surface area contributed by atoms with E-state index >= 15 is 0 Å². The molecule has 1 saturated carbocycles. The van der Waals surface area contributed by atoms with Gasteiger partial charge in [-0.1, -0.05) is 19.7 Å². The van der Waals surface area contributed by atoms with Crippen molar-refractivity contribution in [2.75, 3.05) is 0 Å². The van der Waals surface area contributed by atoms with E-state index in [0.29, 0.717) is 5.92 Å². The minimum atomic E-state index is -0.0331. The monoisotopic (exact) mass is 220 g/mol. The van der Waals surface area contributed by atoms with Crippen LogP contribution in [0.25, 0.3) is 0 Å². The van der Waals surface area contributed by atoms with E-state index in [1.54, 1.807) is 0 Å². The first-order valence-corrected chi connectivity index (χ1v) is 6.94. The second kappa shape index (κ2) is 3.78. The smallest absolute Gasteiger partial charge is 0.302 e. The standard InChI is InChI=1S/C13H21BO2/c1-9-4-6-13(7-5-9)10-3-2-8-14-11(10)12(15)16-13/h9-11,14H,2-8H2,1H3. The van der Waals surface area contributed by atoms with Crippen LogP contribution in [0.5, 0.6) is 0 Å². The van der Waals surface area contributed by atoms with Crippen molar-refractivity contribution in [3.63, 3.8) is 0 Å². The van der Waals surface area contributed by atoms with Crippen molar-refractivity contribution in [2.24, 2.45) is 11.8 Å². The van der Waals surface area contributed by atoms with Gasteiger partial charge in [0.2, 0.25) is 0 Å². The highest BCUT2D eigenvalue weighted by atomic mass is 16.6. The molecule has 16 heavy (non-hydrogen) atoms. The number of carbonyl (C=O) groups is 1. The number of esters is 1. The van der Waals surface area contributed by atoms with Gasteiger partial charge in [0.15, 0.2) is 0 Å². The molecule has 2 unspecified atom stereocenters. The SMILES string of the molecule is CC1CCC2(CC1)OC(=O)C1BCCCC12. The Morgan fingerprint density at radius 3 is 2.81 bits per heavy atom. The molecule has 2 heterocycles. The van der Waals surface area contributed by atoms with Crippen molar-refractivity contribution in [3.05, 3.63) is 0 Å². The minimum absolute atomic E-state index is 0.0331. The topological polar surface area (TPSA) is 26.3 Å². The maximum Gasteiger partial charge on any atom is 0.302 e. The zero-order chi connectivity index (χ0) is 11.2. The highest BCUT2D eigenvalue weighted by Gasteiger charge is 2.56. The first kappa shape index (κ1) is 10.7. The second-order valence-corrected chi connectivity index (χ2v) is 6.17. The number of rotatable bonds is 0. The molecule has 2 atom stereocenters. The van der Waals surface area contributed by atoms with Gasteiger partial charge in [0, 0.05) is 11.7 Å². The lowest BCUT2D eigenvalue weighted by atomic mass is 9.49. The van der Waals surface area contributed by atoms with Crippen molar-refractivity contribution in [1.29, 1.82) is 0 Å². The molecule has 3 aliphatic rings. The second-order valence-electron chi connectivity index (χ2n) is 6.17. The number of hydrogen-bond donors (Lipinski definition) is 0. The van der Waals surface area contributed by atoms with Crippen molar-refractivity contribution >= 4 is 13.2 Å². The van der Waals surface area contributed by atoms with Crippen LogP contribution in [0.15, 0.2) is 0 Å². The Kier molecular flexibility index (Phi) is 2.52. The lowest BCUT2D eigenvalue weighted by Crippen LogP contribution is -2.41. The zero-order valence-corrected chi connectivity index (χ0v) is 10.2. The maximum atomic E-state index is 11.9. The maximum absolute atomic E-state index is 11.9. The number of carbonyl (C=O) groups excluding carboxylic acids is 1. The fourth-order valence-corrected chi connectivity index (χ4v) is 4.12. The van der Waals surface area contributed by atoms with Crippen molar-refractivity contribution in [2.45, 2.75) is 63.2 Å². The molecule has 0 aromatic rings. The van der Waals surface area contributed by atoms with E-state index < -0.39 is 0 Å². The molecule has 0 N–H and O–H groups in total. The van der Waals surface area contributed by atoms with Crippen LogP contribution in [0, 0.1) is 11.8 Å². The minimum Gasteiger partial charge on any atom is -0.459 e. The molecule has 0 amide bonds. The zero-order valence-electron chi connectivity index (χ0n) is 10.2. The largest absolute Gasteiger partial charge is 0.459 e. The number of fused-ring (bicyclic) bond motifs is 2. The first-order chi connectivity index (χ1) is 7.71. The predicted molar refractivity (Wildman–Crippen MR) is 64.9 cm³/mol. The quantitative estimate of drug-likeness (QED) is 0.463. The third-order valence-electron chi connectivity index (χ3n) is 5.17. The van der Waals surface area contributed by atoms with E-state index in [1.165, 1.54) is 32.0 Å². The summed E-state index contributed by atoms with van der Waals surface area (Å²) in [7, 11) is 1.08. The normalized spacial score (nSPS) is 47.3. The van der Waals surface area contributed by atoms with E-state index in [0.717, 1.165) is 26.0 Å². The summed E-state index contributed by atoms with van der Waals surface area (Å²) in [6.07, 6.45) is 8.50. The summed E-state index contributed by atoms with van der Waals surface area (Å²) in [5, 5.41) is 0. The van der Waals surface area contributed by atoms with Crippen LogP contribution in [0.1, 0.15) is 45.4 Å². The van der Waals surface area contributed by atoms with Crippen LogP contribution in [0.3, 0.4) is 0 Å². The Balaban J connectivity index is 1.82. The first-order valence-electron chi connectivity index (χ1n) is 6.94. The molecule has 0 radical (unpaired) electrons. The molecule has 3 rings (SSSR count). The molecule has 88 valence electrons. The Bertz CT molecular complexity index is 294. The van der Waals surface area contributed by atoms with Gasteiger partial charge in [-0.05, 0) is 38.0 Å². The molecule has 3 fully saturated rings. The van der Waals surface area contributed by atoms with E-state index in [4.69, 9.17) is 4.74 Å². The van der Waals surface area contributed by atoms with Crippen LogP contribution in [0.2, 0.25) is 12.1 Å². The molecular weight excluding hydrogens is 199 g/mol. The molecular formula is C13H21BO2. The number of ether oxygens (including phenoxy) is 1. The van der Waals surface area contributed by atoms with E-state index in [-0.39, 0.29) is 17.4 Å². The summed E-state index contributed by atoms with van der Waals surface area (Å²) in [4.78, 5) is 11.9. The van der Waals surface area contributed by atoms with Gasteiger partial charge in [0.25, 0.3) is 0 Å². The summed E-state index contributed by atoms with van der Waals surface area (Å²) in [5.74, 6) is 1.76. The van der Waals surface area contributed by atoms with Gasteiger partial charge in [-0.2, -0.15) is 0 Å². The Hall–Kier alpha value is -0.465. The fraction of sp³-hybridized carbons (Fsp3) is 0.923. The summed E-state index contributed by atoms with van der Waals surface area (Å²) in [6, 6.07) is 0. The van der Waals surface area contributed by atoms with Crippen LogP contribution in [0.4, 0.5) is 0 Å². The fourth-order valence-electron chi connectivity index (χ4n) is 4.12. The molecule has 0 bridgehead atoms. The van der Waals surface area contributed by atoms with Crippen LogP contribution in [-0.2, 0) is 9.53 Å². The molecule has 2 saturated heterocycles. The highest BCUT2D eigenvalue weighted by Crippen LogP contribution is 2.53. The highest BCUT2D eigenvalue weighted by molar-refractivity contribution is 6.44. The Morgan fingerprint density at radius 2 is 2.06 bits per heavy atom. The Labute approximate surface area is 98.4 Å². The molecule has 1 aliphatic carbocycles. The summed E-state index contributed by atoms with van der Waals surface area (Å²) in [6.45, 7) is 2.32. The molecule has 0 aromatic carbocycles. The Morgan fingerprint density at radius 1 is 1.31 bits per heavy atom. The lowest BCUT2D eigenvalue weighted by molar-refractivity contribution is -0.153. The molecule has 2 nitrogen and oxygen atoms in total. The number of hydrogen-bond acceptors (Lipinski definition) is 2. The third kappa shape index (κ3) is 1.51. The van der Waals surface area contributed by atoms with Gasteiger partial charge in [0.05, 0.1) is 0 Å². The molecule has 0 aromatic heterocycles. The van der Waals surface area contributed by atoms with E-state index in [2.05, 4.69) is 6.92 Å². The van der Waals surface area contributed by atoms with Gasteiger partial charge < -0.3 is 4.74 Å². The average molecular weight is 220 g/mol. The van der Waals surface area contributed by atoms with Crippen molar-refractivity contribution in [3.8, 4) is 0 Å². The van der Waals surface area contributed by atoms with E-state index in [9.17, 15) is 4.79 Å². The van der Waals surface area contributed by atoms with Gasteiger partial charge in [-0.25, -0.2) is 0 Å². The van der Waals surface area contributed by atoms with Crippen LogP contribution in [-0.4, -0.2) is 18.8 Å². The van der Waals surface area contributed by atoms with Gasteiger partial charge in [0.1, 0.15) is 12.9 Å². The summed E-state index contributed by atoms with van der Waals surface area (Å²) >= 11 is 0.